The molecule has 0 saturated heterocycles. The van der Waals surface area contributed by atoms with Gasteiger partial charge in [0.2, 0.25) is 5.72 Å². The zero-order valence-electron chi connectivity index (χ0n) is 13.1. The number of aliphatic hydroxyl groups is 1. The largest absolute Gasteiger partial charge is 0.494 e. The first-order valence-electron chi connectivity index (χ1n) is 7.42. The third kappa shape index (κ3) is 3.61. The minimum atomic E-state index is -3.13. The molecule has 126 valence electrons. The van der Waals surface area contributed by atoms with Gasteiger partial charge in [-0.2, -0.15) is 0 Å². The summed E-state index contributed by atoms with van der Waals surface area (Å²) in [6, 6.07) is 6.15. The Morgan fingerprint density at radius 3 is 2.61 bits per heavy atom. The van der Waals surface area contributed by atoms with Crippen LogP contribution in [0.2, 0.25) is 0 Å². The van der Waals surface area contributed by atoms with Crippen LogP contribution in [0, 0.1) is 0 Å². The van der Waals surface area contributed by atoms with Crippen molar-refractivity contribution in [2.75, 3.05) is 6.61 Å². The Hall–Kier alpha value is -2.15. The maximum atomic E-state index is 13.1. The van der Waals surface area contributed by atoms with E-state index in [1.165, 1.54) is 19.1 Å². The summed E-state index contributed by atoms with van der Waals surface area (Å²) >= 11 is 0. The van der Waals surface area contributed by atoms with Gasteiger partial charge in [-0.3, -0.25) is 10.2 Å². The van der Waals surface area contributed by atoms with Crippen LogP contribution >= 0.6 is 0 Å². The molecule has 1 aromatic carbocycles. The van der Waals surface area contributed by atoms with Crippen LogP contribution in [-0.2, 0) is 0 Å². The van der Waals surface area contributed by atoms with Gasteiger partial charge in [0.25, 0.3) is 12.3 Å². The van der Waals surface area contributed by atoms with E-state index in [2.05, 4.69) is 5.43 Å². The number of alkyl halides is 2. The van der Waals surface area contributed by atoms with Crippen molar-refractivity contribution in [3.05, 3.63) is 41.6 Å². The van der Waals surface area contributed by atoms with Gasteiger partial charge in [-0.05, 0) is 43.7 Å². The molecule has 1 aliphatic rings. The summed E-state index contributed by atoms with van der Waals surface area (Å²) in [4.78, 5) is 12.4. The van der Waals surface area contributed by atoms with Gasteiger partial charge in [0.05, 0.1) is 6.61 Å². The lowest BCUT2D eigenvalue weighted by Crippen LogP contribution is -2.56. The fraction of sp³-hybridized carbons (Fsp3) is 0.438. The first-order chi connectivity index (χ1) is 10.9. The molecule has 1 unspecified atom stereocenters. The summed E-state index contributed by atoms with van der Waals surface area (Å²) in [5, 5.41) is 10.6. The lowest BCUT2D eigenvalue weighted by molar-refractivity contribution is -0.146. The Morgan fingerprint density at radius 2 is 2.04 bits per heavy atom. The molecule has 0 radical (unpaired) electrons. The number of hydrogen-bond donors (Lipinski definition) is 2. The number of ether oxygens (including phenoxy) is 1. The average molecular weight is 326 g/mol. The first kappa shape index (κ1) is 17.2. The first-order valence-corrected chi connectivity index (χ1v) is 7.42. The van der Waals surface area contributed by atoms with Crippen molar-refractivity contribution < 1.29 is 23.4 Å². The SMILES string of the molecule is CCCCOc1ccc(C(=O)N2NC(C)=CC2(O)C(F)F)cc1. The number of amides is 1. The highest BCUT2D eigenvalue weighted by Crippen LogP contribution is 2.29. The summed E-state index contributed by atoms with van der Waals surface area (Å²) in [5.74, 6) is -0.149. The topological polar surface area (TPSA) is 61.8 Å². The normalized spacial score (nSPS) is 20.4. The third-order valence-corrected chi connectivity index (χ3v) is 3.47. The van der Waals surface area contributed by atoms with Crippen LogP contribution < -0.4 is 10.2 Å². The number of benzene rings is 1. The Labute approximate surface area is 133 Å². The van der Waals surface area contributed by atoms with Gasteiger partial charge < -0.3 is 9.84 Å². The van der Waals surface area contributed by atoms with Gasteiger partial charge in [-0.15, -0.1) is 0 Å². The molecule has 0 aliphatic carbocycles. The van der Waals surface area contributed by atoms with Crippen molar-refractivity contribution in [1.29, 1.82) is 0 Å². The number of carbonyl (C=O) groups excluding carboxylic acids is 1. The van der Waals surface area contributed by atoms with E-state index in [1.807, 2.05) is 6.92 Å². The number of halogens is 2. The quantitative estimate of drug-likeness (QED) is 0.789. The van der Waals surface area contributed by atoms with Gasteiger partial charge in [-0.25, -0.2) is 13.8 Å². The van der Waals surface area contributed by atoms with Crippen molar-refractivity contribution in [2.24, 2.45) is 0 Å². The van der Waals surface area contributed by atoms with Crippen LogP contribution in [0.25, 0.3) is 0 Å². The molecule has 5 nitrogen and oxygen atoms in total. The highest BCUT2D eigenvalue weighted by molar-refractivity contribution is 5.95. The van der Waals surface area contributed by atoms with Crippen molar-refractivity contribution in [3.63, 3.8) is 0 Å². The maximum absolute atomic E-state index is 13.1. The summed E-state index contributed by atoms with van der Waals surface area (Å²) in [7, 11) is 0. The molecule has 0 spiro atoms. The van der Waals surface area contributed by atoms with E-state index < -0.39 is 18.1 Å². The fourth-order valence-corrected chi connectivity index (χ4v) is 2.21. The van der Waals surface area contributed by atoms with E-state index in [0.717, 1.165) is 18.9 Å². The second-order valence-electron chi connectivity index (χ2n) is 5.39. The minimum Gasteiger partial charge on any atom is -0.494 e. The minimum absolute atomic E-state index is 0.169. The lowest BCUT2D eigenvalue weighted by Gasteiger charge is -2.31. The molecular formula is C16H20F2N2O3. The number of hydrogen-bond acceptors (Lipinski definition) is 4. The van der Waals surface area contributed by atoms with E-state index >= 15 is 0 Å². The van der Waals surface area contributed by atoms with E-state index in [4.69, 9.17) is 4.74 Å². The third-order valence-electron chi connectivity index (χ3n) is 3.47. The van der Waals surface area contributed by atoms with Crippen LogP contribution in [0.5, 0.6) is 5.75 Å². The Kier molecular flexibility index (Phi) is 5.20. The number of carbonyl (C=O) groups is 1. The van der Waals surface area contributed by atoms with Gasteiger partial charge in [0.15, 0.2) is 0 Å². The van der Waals surface area contributed by atoms with E-state index in [-0.39, 0.29) is 11.3 Å². The second-order valence-corrected chi connectivity index (χ2v) is 5.39. The van der Waals surface area contributed by atoms with Crippen LogP contribution in [0.4, 0.5) is 8.78 Å². The van der Waals surface area contributed by atoms with Crippen LogP contribution in [0.1, 0.15) is 37.0 Å². The number of unbranched alkanes of at least 4 members (excludes halogenated alkanes) is 1. The van der Waals surface area contributed by atoms with Gasteiger partial charge in [-0.1, -0.05) is 13.3 Å². The number of allylic oxidation sites excluding steroid dienone is 1. The van der Waals surface area contributed by atoms with Crippen molar-refractivity contribution >= 4 is 5.91 Å². The van der Waals surface area contributed by atoms with Crippen molar-refractivity contribution in [1.82, 2.24) is 10.4 Å². The number of nitrogens with one attached hydrogen (secondary N) is 1. The van der Waals surface area contributed by atoms with E-state index in [0.29, 0.717) is 17.4 Å². The highest BCUT2D eigenvalue weighted by Gasteiger charge is 2.49. The highest BCUT2D eigenvalue weighted by atomic mass is 19.3. The summed E-state index contributed by atoms with van der Waals surface area (Å²) in [6.07, 6.45) is -0.272. The Bertz CT molecular complexity index is 589. The molecule has 2 N–H and O–H groups in total. The fourth-order valence-electron chi connectivity index (χ4n) is 2.21. The zero-order chi connectivity index (χ0) is 17.0. The molecule has 1 atom stereocenters. The van der Waals surface area contributed by atoms with Crippen LogP contribution in [0.3, 0.4) is 0 Å². The number of hydrazine groups is 1. The molecule has 0 fully saturated rings. The zero-order valence-corrected chi connectivity index (χ0v) is 13.1. The molecule has 1 heterocycles. The monoisotopic (exact) mass is 326 g/mol. The van der Waals surface area contributed by atoms with Gasteiger partial charge in [0.1, 0.15) is 5.75 Å². The summed E-state index contributed by atoms with van der Waals surface area (Å²) in [6.45, 7) is 4.12. The van der Waals surface area contributed by atoms with Gasteiger partial charge >= 0.3 is 0 Å². The molecule has 1 aliphatic heterocycles. The van der Waals surface area contributed by atoms with E-state index in [9.17, 15) is 18.7 Å². The summed E-state index contributed by atoms with van der Waals surface area (Å²) < 4.78 is 31.7. The van der Waals surface area contributed by atoms with Crippen molar-refractivity contribution in [3.8, 4) is 5.75 Å². The summed E-state index contributed by atoms with van der Waals surface area (Å²) in [5.41, 5.74) is 0.256. The van der Waals surface area contributed by atoms with Crippen molar-refractivity contribution in [2.45, 2.75) is 38.8 Å². The molecule has 7 heteroatoms. The predicted molar refractivity (Wildman–Crippen MR) is 80.9 cm³/mol. The van der Waals surface area contributed by atoms with Gasteiger partial charge in [0, 0.05) is 11.3 Å². The molecule has 23 heavy (non-hydrogen) atoms. The molecule has 0 saturated carbocycles. The molecule has 1 aromatic rings. The molecule has 2 rings (SSSR count). The molecule has 0 aromatic heterocycles. The Morgan fingerprint density at radius 1 is 1.39 bits per heavy atom. The predicted octanol–water partition coefficient (Wildman–Crippen LogP) is 2.68. The average Bonchev–Trinajstić information content (AvgIpc) is 2.84. The molecular weight excluding hydrogens is 306 g/mol. The van der Waals surface area contributed by atoms with Crippen LogP contribution in [-0.4, -0.2) is 34.8 Å². The maximum Gasteiger partial charge on any atom is 0.291 e. The smallest absolute Gasteiger partial charge is 0.291 e. The number of rotatable bonds is 6. The lowest BCUT2D eigenvalue weighted by atomic mass is 10.1. The van der Waals surface area contributed by atoms with E-state index in [1.54, 1.807) is 12.1 Å². The molecule has 0 bridgehead atoms. The molecule has 1 amide bonds. The second kappa shape index (κ2) is 6.95. The Balaban J connectivity index is 2.11. The van der Waals surface area contributed by atoms with Crippen LogP contribution in [0.15, 0.2) is 36.0 Å². The number of nitrogens with zero attached hydrogens (tertiary/aromatic N) is 1. The standard InChI is InChI=1S/C16H20F2N2O3/c1-3-4-9-23-13-7-5-12(6-8-13)14(21)20-16(22,15(17)18)10-11(2)19-20/h5-8,10,15,19,22H,3-4,9H2,1-2H3.